The van der Waals surface area contributed by atoms with E-state index in [1.54, 1.807) is 6.26 Å². The molecule has 1 rings (SSSR count). The van der Waals surface area contributed by atoms with Crippen LogP contribution >= 0.6 is 0 Å². The third kappa shape index (κ3) is 2.91. The van der Waals surface area contributed by atoms with E-state index in [9.17, 15) is 4.79 Å². The zero-order chi connectivity index (χ0) is 8.81. The lowest BCUT2D eigenvalue weighted by Crippen LogP contribution is -1.98. The molecule has 0 bridgehead atoms. The second kappa shape index (κ2) is 4.75. The number of aryl methyl sites for hydroxylation is 1. The summed E-state index contributed by atoms with van der Waals surface area (Å²) in [6.07, 6.45) is 4.63. The lowest BCUT2D eigenvalue weighted by molar-refractivity contribution is -0.119. The van der Waals surface area contributed by atoms with E-state index in [-0.39, 0.29) is 0 Å². The van der Waals surface area contributed by atoms with E-state index in [1.807, 2.05) is 19.1 Å². The number of furan rings is 1. The summed E-state index contributed by atoms with van der Waals surface area (Å²) in [5, 5.41) is 0. The molecule has 1 aromatic heterocycles. The van der Waals surface area contributed by atoms with E-state index in [1.165, 1.54) is 0 Å². The third-order valence-electron chi connectivity index (χ3n) is 1.76. The zero-order valence-electron chi connectivity index (χ0n) is 7.38. The fraction of sp³-hybridized carbons (Fsp3) is 0.500. The molecule has 0 aliphatic carbocycles. The Labute approximate surface area is 72.6 Å². The number of carbonyl (C=O) groups excluding carboxylic acids is 1. The Morgan fingerprint density at radius 3 is 2.92 bits per heavy atom. The third-order valence-corrected chi connectivity index (χ3v) is 1.76. The van der Waals surface area contributed by atoms with Crippen LogP contribution in [0.1, 0.15) is 31.9 Å². The zero-order valence-corrected chi connectivity index (χ0v) is 7.38. The largest absolute Gasteiger partial charge is 0.469 e. The van der Waals surface area contributed by atoms with Gasteiger partial charge in [-0.05, 0) is 18.6 Å². The highest BCUT2D eigenvalue weighted by Gasteiger charge is 2.02. The van der Waals surface area contributed by atoms with E-state index in [0.29, 0.717) is 18.6 Å². The smallest absolute Gasteiger partial charge is 0.133 e. The molecule has 0 aromatic carbocycles. The summed E-state index contributed by atoms with van der Waals surface area (Å²) in [5.41, 5.74) is 0. The van der Waals surface area contributed by atoms with E-state index >= 15 is 0 Å². The van der Waals surface area contributed by atoms with Gasteiger partial charge in [0, 0.05) is 19.3 Å². The minimum atomic E-state index is 0.328. The average molecular weight is 166 g/mol. The van der Waals surface area contributed by atoms with Crippen molar-refractivity contribution in [2.24, 2.45) is 0 Å². The van der Waals surface area contributed by atoms with Crippen LogP contribution in [0.4, 0.5) is 0 Å². The van der Waals surface area contributed by atoms with E-state index in [4.69, 9.17) is 4.42 Å². The molecule has 2 nitrogen and oxygen atoms in total. The predicted octanol–water partition coefficient (Wildman–Crippen LogP) is 2.58. The Morgan fingerprint density at radius 2 is 2.33 bits per heavy atom. The van der Waals surface area contributed by atoms with Crippen molar-refractivity contribution in [3.8, 4) is 0 Å². The first-order valence-electron chi connectivity index (χ1n) is 4.37. The van der Waals surface area contributed by atoms with Crippen molar-refractivity contribution in [1.29, 1.82) is 0 Å². The molecule has 0 amide bonds. The van der Waals surface area contributed by atoms with Gasteiger partial charge in [-0.1, -0.05) is 6.92 Å². The molecule has 1 heterocycles. The minimum absolute atomic E-state index is 0.328. The molecule has 0 fully saturated rings. The highest BCUT2D eigenvalue weighted by atomic mass is 16.3. The molecule has 0 saturated carbocycles. The normalized spacial score (nSPS) is 10.1. The predicted molar refractivity (Wildman–Crippen MR) is 46.9 cm³/mol. The van der Waals surface area contributed by atoms with Gasteiger partial charge in [-0.2, -0.15) is 0 Å². The monoisotopic (exact) mass is 166 g/mol. The SMILES string of the molecule is CCCC(=O)CCc1ccco1. The fourth-order valence-electron chi connectivity index (χ4n) is 1.12. The van der Waals surface area contributed by atoms with Crippen LogP contribution in [0, 0.1) is 0 Å². The molecule has 12 heavy (non-hydrogen) atoms. The van der Waals surface area contributed by atoms with Crippen LogP contribution < -0.4 is 0 Å². The molecule has 66 valence electrons. The van der Waals surface area contributed by atoms with Crippen LogP contribution in [0.5, 0.6) is 0 Å². The Balaban J connectivity index is 2.22. The second-order valence-corrected chi connectivity index (χ2v) is 2.87. The van der Waals surface area contributed by atoms with Crippen molar-refractivity contribution in [3.63, 3.8) is 0 Å². The summed E-state index contributed by atoms with van der Waals surface area (Å²) in [7, 11) is 0. The Hall–Kier alpha value is -1.05. The number of carbonyl (C=O) groups is 1. The summed E-state index contributed by atoms with van der Waals surface area (Å²) in [4.78, 5) is 11.1. The van der Waals surface area contributed by atoms with Crippen LogP contribution in [0.2, 0.25) is 0 Å². The summed E-state index contributed by atoms with van der Waals surface area (Å²) in [6, 6.07) is 3.75. The number of hydrogen-bond acceptors (Lipinski definition) is 2. The molecular weight excluding hydrogens is 152 g/mol. The highest BCUT2D eigenvalue weighted by molar-refractivity contribution is 5.78. The first-order valence-corrected chi connectivity index (χ1v) is 4.37. The topological polar surface area (TPSA) is 30.2 Å². The van der Waals surface area contributed by atoms with Gasteiger partial charge < -0.3 is 4.42 Å². The van der Waals surface area contributed by atoms with Gasteiger partial charge in [-0.25, -0.2) is 0 Å². The maximum Gasteiger partial charge on any atom is 0.133 e. The van der Waals surface area contributed by atoms with Gasteiger partial charge in [0.05, 0.1) is 6.26 Å². The molecule has 0 aliphatic rings. The Bertz CT molecular complexity index is 224. The van der Waals surface area contributed by atoms with Gasteiger partial charge in [0.2, 0.25) is 0 Å². The Morgan fingerprint density at radius 1 is 1.50 bits per heavy atom. The lowest BCUT2D eigenvalue weighted by Gasteiger charge is -1.95. The van der Waals surface area contributed by atoms with Crippen molar-refractivity contribution in [1.82, 2.24) is 0 Å². The maximum absolute atomic E-state index is 11.1. The van der Waals surface area contributed by atoms with Crippen LogP contribution in [-0.4, -0.2) is 5.78 Å². The summed E-state index contributed by atoms with van der Waals surface area (Å²) in [5.74, 6) is 1.23. The molecule has 0 aliphatic heterocycles. The molecule has 0 unspecified atom stereocenters. The summed E-state index contributed by atoms with van der Waals surface area (Å²) in [6.45, 7) is 2.02. The number of hydrogen-bond donors (Lipinski definition) is 0. The number of rotatable bonds is 5. The van der Waals surface area contributed by atoms with Gasteiger partial charge >= 0.3 is 0 Å². The second-order valence-electron chi connectivity index (χ2n) is 2.87. The van der Waals surface area contributed by atoms with Gasteiger partial charge in [0.15, 0.2) is 0 Å². The molecule has 0 N–H and O–H groups in total. The van der Waals surface area contributed by atoms with Crippen molar-refractivity contribution < 1.29 is 9.21 Å². The van der Waals surface area contributed by atoms with Crippen LogP contribution in [0.3, 0.4) is 0 Å². The van der Waals surface area contributed by atoms with Crippen molar-refractivity contribution >= 4 is 5.78 Å². The first kappa shape index (κ1) is 9.04. The van der Waals surface area contributed by atoms with Gasteiger partial charge in [0.1, 0.15) is 11.5 Å². The number of Topliss-reactive ketones (excluding diaryl/α,β-unsaturated/α-hetero) is 1. The molecule has 1 aromatic rings. The summed E-state index contributed by atoms with van der Waals surface area (Å²) < 4.78 is 5.11. The Kier molecular flexibility index (Phi) is 3.58. The first-order chi connectivity index (χ1) is 5.83. The fourth-order valence-corrected chi connectivity index (χ4v) is 1.12. The molecule has 2 heteroatoms. The van der Waals surface area contributed by atoms with Crippen molar-refractivity contribution in [3.05, 3.63) is 24.2 Å². The van der Waals surface area contributed by atoms with E-state index in [2.05, 4.69) is 0 Å². The van der Waals surface area contributed by atoms with Crippen molar-refractivity contribution in [2.75, 3.05) is 0 Å². The molecule has 0 spiro atoms. The van der Waals surface area contributed by atoms with Crippen LogP contribution in [0.15, 0.2) is 22.8 Å². The van der Waals surface area contributed by atoms with E-state index in [0.717, 1.165) is 18.6 Å². The molecule has 0 saturated heterocycles. The molecular formula is C10H14O2. The van der Waals surface area contributed by atoms with Crippen molar-refractivity contribution in [2.45, 2.75) is 32.6 Å². The molecule has 0 atom stereocenters. The minimum Gasteiger partial charge on any atom is -0.469 e. The van der Waals surface area contributed by atoms with Gasteiger partial charge in [-0.3, -0.25) is 4.79 Å². The van der Waals surface area contributed by atoms with Gasteiger partial charge in [0.25, 0.3) is 0 Å². The van der Waals surface area contributed by atoms with Crippen LogP contribution in [-0.2, 0) is 11.2 Å². The lowest BCUT2D eigenvalue weighted by atomic mass is 10.1. The van der Waals surface area contributed by atoms with E-state index < -0.39 is 0 Å². The summed E-state index contributed by atoms with van der Waals surface area (Å²) >= 11 is 0. The standard InChI is InChI=1S/C10H14O2/c1-2-4-9(11)6-7-10-5-3-8-12-10/h3,5,8H,2,4,6-7H2,1H3. The quantitative estimate of drug-likeness (QED) is 0.673. The number of ketones is 1. The van der Waals surface area contributed by atoms with Gasteiger partial charge in [-0.15, -0.1) is 0 Å². The molecule has 0 radical (unpaired) electrons. The van der Waals surface area contributed by atoms with Crippen LogP contribution in [0.25, 0.3) is 0 Å². The maximum atomic E-state index is 11.1. The highest BCUT2D eigenvalue weighted by Crippen LogP contribution is 2.05. The average Bonchev–Trinajstić information content (AvgIpc) is 2.53.